The van der Waals surface area contributed by atoms with Gasteiger partial charge in [0, 0.05) is 17.0 Å². The summed E-state index contributed by atoms with van der Waals surface area (Å²) in [5.74, 6) is 0.235. The minimum atomic E-state index is -0.204. The molecule has 5 rings (SSSR count). The second-order valence-electron chi connectivity index (χ2n) is 6.69. The number of thiazole rings is 1. The Labute approximate surface area is 164 Å². The van der Waals surface area contributed by atoms with Crippen molar-refractivity contribution in [2.75, 3.05) is 5.32 Å². The van der Waals surface area contributed by atoms with E-state index in [2.05, 4.69) is 45.8 Å². The zero-order valence-electron chi connectivity index (χ0n) is 15.4. The van der Waals surface area contributed by atoms with Crippen molar-refractivity contribution in [3.8, 4) is 5.13 Å². The predicted molar refractivity (Wildman–Crippen MR) is 112 cm³/mol. The lowest BCUT2D eigenvalue weighted by Gasteiger charge is -2.03. The first-order valence-electron chi connectivity index (χ1n) is 8.90. The molecule has 0 fully saturated rings. The number of benzene rings is 2. The lowest BCUT2D eigenvalue weighted by Crippen LogP contribution is -2.12. The van der Waals surface area contributed by atoms with Crippen molar-refractivity contribution >= 4 is 44.4 Å². The number of fused-ring (bicyclic) bond motifs is 2. The number of nitrogens with one attached hydrogen (secondary N) is 2. The molecule has 0 radical (unpaired) electrons. The van der Waals surface area contributed by atoms with E-state index in [1.54, 1.807) is 17.4 Å². The van der Waals surface area contributed by atoms with Gasteiger partial charge in [0.15, 0.2) is 5.13 Å². The largest absolute Gasteiger partial charge is 0.324 e. The summed E-state index contributed by atoms with van der Waals surface area (Å²) in [7, 11) is 0. The molecule has 0 aliphatic carbocycles. The van der Waals surface area contributed by atoms with Crippen LogP contribution < -0.4 is 5.32 Å². The van der Waals surface area contributed by atoms with Gasteiger partial charge in [-0.3, -0.25) is 14.7 Å². The van der Waals surface area contributed by atoms with Gasteiger partial charge in [0.2, 0.25) is 5.95 Å². The average Bonchev–Trinajstić information content (AvgIpc) is 3.36. The number of aromatic amines is 1. The SMILES string of the molecule is Cc1ccc(C)n1-c1nc2ccc(C(=O)Nc3nc4ccccc4[nH]3)cc2s1. The highest BCUT2D eigenvalue weighted by Crippen LogP contribution is 2.28. The quantitative estimate of drug-likeness (QED) is 0.465. The normalized spacial score (nSPS) is 11.4. The third-order valence-electron chi connectivity index (χ3n) is 4.72. The molecule has 3 aromatic heterocycles. The molecule has 0 aliphatic heterocycles. The Balaban J connectivity index is 1.46. The topological polar surface area (TPSA) is 75.6 Å². The molecule has 138 valence electrons. The number of carbonyl (C=O) groups excluding carboxylic acids is 1. The molecule has 2 aromatic carbocycles. The number of rotatable bonds is 3. The van der Waals surface area contributed by atoms with E-state index in [1.807, 2.05) is 36.4 Å². The number of H-pyrrole nitrogens is 1. The number of anilines is 1. The van der Waals surface area contributed by atoms with Gasteiger partial charge in [-0.15, -0.1) is 0 Å². The number of aryl methyl sites for hydroxylation is 2. The van der Waals surface area contributed by atoms with Crippen LogP contribution in [0.1, 0.15) is 21.7 Å². The molecule has 0 spiro atoms. The lowest BCUT2D eigenvalue weighted by atomic mass is 10.2. The Morgan fingerprint density at radius 3 is 2.57 bits per heavy atom. The fraction of sp³-hybridized carbons (Fsp3) is 0.0952. The van der Waals surface area contributed by atoms with E-state index in [-0.39, 0.29) is 5.91 Å². The van der Waals surface area contributed by atoms with Crippen LogP contribution in [0.3, 0.4) is 0 Å². The number of imidazole rings is 1. The van der Waals surface area contributed by atoms with Crippen molar-refractivity contribution < 1.29 is 4.79 Å². The fourth-order valence-electron chi connectivity index (χ4n) is 3.31. The van der Waals surface area contributed by atoms with Crippen molar-refractivity contribution in [3.63, 3.8) is 0 Å². The molecule has 28 heavy (non-hydrogen) atoms. The highest BCUT2D eigenvalue weighted by molar-refractivity contribution is 7.20. The van der Waals surface area contributed by atoms with Crippen LogP contribution in [0.5, 0.6) is 0 Å². The van der Waals surface area contributed by atoms with Gasteiger partial charge >= 0.3 is 0 Å². The number of para-hydroxylation sites is 2. The van der Waals surface area contributed by atoms with Gasteiger partial charge in [-0.1, -0.05) is 23.5 Å². The summed E-state index contributed by atoms with van der Waals surface area (Å²) in [6.45, 7) is 4.12. The van der Waals surface area contributed by atoms with Gasteiger partial charge in [-0.25, -0.2) is 9.97 Å². The number of hydrogen-bond acceptors (Lipinski definition) is 4. The van der Waals surface area contributed by atoms with Crippen LogP contribution in [-0.2, 0) is 0 Å². The molecule has 0 bridgehead atoms. The summed E-state index contributed by atoms with van der Waals surface area (Å²) >= 11 is 1.57. The monoisotopic (exact) mass is 387 g/mol. The minimum absolute atomic E-state index is 0.204. The molecule has 7 heteroatoms. The molecule has 6 nitrogen and oxygen atoms in total. The van der Waals surface area contributed by atoms with Crippen LogP contribution >= 0.6 is 11.3 Å². The third-order valence-corrected chi connectivity index (χ3v) is 5.73. The van der Waals surface area contributed by atoms with Gasteiger partial charge in [0.25, 0.3) is 5.91 Å². The van der Waals surface area contributed by atoms with Gasteiger partial charge in [0.1, 0.15) is 0 Å². The van der Waals surface area contributed by atoms with E-state index in [0.717, 1.165) is 37.8 Å². The van der Waals surface area contributed by atoms with E-state index in [4.69, 9.17) is 4.98 Å². The fourth-order valence-corrected chi connectivity index (χ4v) is 4.44. The molecule has 0 saturated heterocycles. The van der Waals surface area contributed by atoms with Gasteiger partial charge in [-0.2, -0.15) is 0 Å². The summed E-state index contributed by atoms with van der Waals surface area (Å²) in [6.07, 6.45) is 0. The molecule has 2 N–H and O–H groups in total. The Kier molecular flexibility index (Phi) is 3.77. The Morgan fingerprint density at radius 1 is 1.00 bits per heavy atom. The van der Waals surface area contributed by atoms with Gasteiger partial charge in [-0.05, 0) is 56.3 Å². The number of hydrogen-bond donors (Lipinski definition) is 2. The van der Waals surface area contributed by atoms with Crippen molar-refractivity contribution in [2.24, 2.45) is 0 Å². The summed E-state index contributed by atoms with van der Waals surface area (Å²) in [6, 6.07) is 17.4. The lowest BCUT2D eigenvalue weighted by molar-refractivity contribution is 0.102. The standard InChI is InChI=1S/C21H17N5OS/c1-12-7-8-13(2)26(12)21-24-17-10-9-14(11-18(17)28-21)19(27)25-20-22-15-5-3-4-6-16(15)23-20/h3-11H,1-2H3,(H2,22,23,25,27). The van der Waals surface area contributed by atoms with Gasteiger partial charge in [0.05, 0.1) is 21.3 Å². The second kappa shape index (κ2) is 6.31. The second-order valence-corrected chi connectivity index (χ2v) is 7.70. The Morgan fingerprint density at radius 2 is 1.79 bits per heavy atom. The molecule has 0 aliphatic rings. The van der Waals surface area contributed by atoms with Crippen LogP contribution in [0.15, 0.2) is 54.6 Å². The molecule has 5 aromatic rings. The molecule has 0 unspecified atom stereocenters. The first kappa shape index (κ1) is 16.7. The molecular formula is C21H17N5OS. The zero-order valence-corrected chi connectivity index (χ0v) is 16.2. The number of carbonyl (C=O) groups is 1. The van der Waals surface area contributed by atoms with E-state index < -0.39 is 0 Å². The molecular weight excluding hydrogens is 370 g/mol. The van der Waals surface area contributed by atoms with Gasteiger partial charge < -0.3 is 4.98 Å². The predicted octanol–water partition coefficient (Wildman–Crippen LogP) is 4.83. The minimum Gasteiger partial charge on any atom is -0.324 e. The number of aromatic nitrogens is 4. The highest BCUT2D eigenvalue weighted by Gasteiger charge is 2.14. The van der Waals surface area contributed by atoms with Crippen molar-refractivity contribution in [1.82, 2.24) is 19.5 Å². The van der Waals surface area contributed by atoms with Crippen molar-refractivity contribution in [3.05, 3.63) is 71.5 Å². The van der Waals surface area contributed by atoms with Crippen molar-refractivity contribution in [2.45, 2.75) is 13.8 Å². The first-order valence-corrected chi connectivity index (χ1v) is 9.72. The van der Waals surface area contributed by atoms with E-state index in [1.165, 1.54) is 0 Å². The zero-order chi connectivity index (χ0) is 19.3. The molecule has 0 saturated carbocycles. The Hall–Kier alpha value is -3.45. The maximum Gasteiger partial charge on any atom is 0.258 e. The summed E-state index contributed by atoms with van der Waals surface area (Å²) in [4.78, 5) is 24.9. The van der Waals surface area contributed by atoms with Crippen LogP contribution in [-0.4, -0.2) is 25.4 Å². The molecule has 0 atom stereocenters. The third kappa shape index (κ3) is 2.76. The molecule has 1 amide bonds. The summed E-state index contributed by atoms with van der Waals surface area (Å²) < 4.78 is 3.10. The van der Waals surface area contributed by atoms with Crippen LogP contribution in [0, 0.1) is 13.8 Å². The van der Waals surface area contributed by atoms with E-state index in [0.29, 0.717) is 11.5 Å². The smallest absolute Gasteiger partial charge is 0.258 e. The van der Waals surface area contributed by atoms with Crippen LogP contribution in [0.25, 0.3) is 26.4 Å². The van der Waals surface area contributed by atoms with Crippen molar-refractivity contribution in [1.29, 1.82) is 0 Å². The highest BCUT2D eigenvalue weighted by atomic mass is 32.1. The maximum atomic E-state index is 12.7. The summed E-state index contributed by atoms with van der Waals surface area (Å²) in [5, 5.41) is 3.75. The number of amides is 1. The first-order chi connectivity index (χ1) is 13.6. The summed E-state index contributed by atoms with van der Waals surface area (Å²) in [5.41, 5.74) is 5.44. The van der Waals surface area contributed by atoms with E-state index >= 15 is 0 Å². The molecule has 3 heterocycles. The van der Waals surface area contributed by atoms with E-state index in [9.17, 15) is 4.79 Å². The van der Waals surface area contributed by atoms with Crippen LogP contribution in [0.2, 0.25) is 0 Å². The average molecular weight is 387 g/mol. The Bertz CT molecular complexity index is 1290. The number of nitrogens with zero attached hydrogens (tertiary/aromatic N) is 3. The maximum absolute atomic E-state index is 12.7. The van der Waals surface area contributed by atoms with Crippen LogP contribution in [0.4, 0.5) is 5.95 Å².